The third kappa shape index (κ3) is 4.04. The predicted octanol–water partition coefficient (Wildman–Crippen LogP) is 0.760. The fourth-order valence-corrected chi connectivity index (χ4v) is 6.14. The monoisotopic (exact) mass is 366 g/mol. The second-order valence-electron chi connectivity index (χ2n) is 7.20. The molecule has 2 saturated heterocycles. The predicted molar refractivity (Wildman–Crippen MR) is 96.1 cm³/mol. The maximum Gasteiger partial charge on any atom is 0.248 e. The number of nitrogens with zero attached hydrogens (tertiary/aromatic N) is 2. The van der Waals surface area contributed by atoms with E-state index < -0.39 is 9.84 Å². The Kier molecular flexibility index (Phi) is 5.18. The maximum atomic E-state index is 12.3. The SMILES string of the molecule is COCC(=O)N1CCN(Cc2cc(C)cc(C)c2)[C@H]2CS(=O)(=O)C[C@H]21. The minimum Gasteiger partial charge on any atom is -0.375 e. The van der Waals surface area contributed by atoms with Crippen LogP contribution in [0.5, 0.6) is 0 Å². The summed E-state index contributed by atoms with van der Waals surface area (Å²) in [6, 6.07) is 6.02. The Morgan fingerprint density at radius 3 is 2.40 bits per heavy atom. The molecule has 2 fully saturated rings. The van der Waals surface area contributed by atoms with Gasteiger partial charge in [0.15, 0.2) is 9.84 Å². The minimum absolute atomic E-state index is 0.000340. The van der Waals surface area contributed by atoms with Gasteiger partial charge in [0.25, 0.3) is 0 Å². The van der Waals surface area contributed by atoms with Crippen molar-refractivity contribution in [2.75, 3.05) is 38.3 Å². The Bertz CT molecular complexity index is 742. The zero-order chi connectivity index (χ0) is 18.2. The number of hydrogen-bond acceptors (Lipinski definition) is 5. The van der Waals surface area contributed by atoms with E-state index in [0.29, 0.717) is 19.6 Å². The van der Waals surface area contributed by atoms with Crippen LogP contribution in [0.3, 0.4) is 0 Å². The molecule has 0 N–H and O–H groups in total. The van der Waals surface area contributed by atoms with Crippen molar-refractivity contribution in [3.05, 3.63) is 34.9 Å². The number of fused-ring (bicyclic) bond motifs is 1. The van der Waals surface area contributed by atoms with Gasteiger partial charge in [-0.25, -0.2) is 8.42 Å². The van der Waals surface area contributed by atoms with Crippen LogP contribution in [0.2, 0.25) is 0 Å². The van der Waals surface area contributed by atoms with Crippen molar-refractivity contribution in [2.24, 2.45) is 0 Å². The van der Waals surface area contributed by atoms with Gasteiger partial charge in [-0.3, -0.25) is 9.69 Å². The zero-order valence-corrected chi connectivity index (χ0v) is 15.9. The molecule has 1 amide bonds. The van der Waals surface area contributed by atoms with Crippen molar-refractivity contribution in [2.45, 2.75) is 32.5 Å². The summed E-state index contributed by atoms with van der Waals surface area (Å²) >= 11 is 0. The number of carbonyl (C=O) groups is 1. The number of methoxy groups -OCH3 is 1. The van der Waals surface area contributed by atoms with Crippen LogP contribution in [0.1, 0.15) is 16.7 Å². The number of carbonyl (C=O) groups excluding carboxylic acids is 1. The Balaban J connectivity index is 1.82. The van der Waals surface area contributed by atoms with Gasteiger partial charge in [-0.2, -0.15) is 0 Å². The smallest absolute Gasteiger partial charge is 0.248 e. The molecule has 6 nitrogen and oxygen atoms in total. The van der Waals surface area contributed by atoms with E-state index in [9.17, 15) is 13.2 Å². The van der Waals surface area contributed by atoms with E-state index in [4.69, 9.17) is 4.74 Å². The number of hydrogen-bond donors (Lipinski definition) is 0. The third-order valence-corrected chi connectivity index (χ3v) is 6.75. The van der Waals surface area contributed by atoms with Crippen LogP contribution in [0, 0.1) is 13.8 Å². The van der Waals surface area contributed by atoms with Gasteiger partial charge < -0.3 is 9.64 Å². The fourth-order valence-electron chi connectivity index (χ4n) is 4.13. The van der Waals surface area contributed by atoms with Crippen molar-refractivity contribution in [3.8, 4) is 0 Å². The van der Waals surface area contributed by atoms with Crippen molar-refractivity contribution in [1.82, 2.24) is 9.80 Å². The van der Waals surface area contributed by atoms with Crippen molar-refractivity contribution in [3.63, 3.8) is 0 Å². The van der Waals surface area contributed by atoms with Crippen LogP contribution in [-0.2, 0) is 25.9 Å². The minimum atomic E-state index is -3.13. The van der Waals surface area contributed by atoms with Gasteiger partial charge in [-0.1, -0.05) is 29.3 Å². The molecule has 1 aromatic carbocycles. The Morgan fingerprint density at radius 2 is 1.76 bits per heavy atom. The first-order valence-electron chi connectivity index (χ1n) is 8.59. The van der Waals surface area contributed by atoms with Crippen molar-refractivity contribution >= 4 is 15.7 Å². The van der Waals surface area contributed by atoms with E-state index in [0.717, 1.165) is 0 Å². The molecule has 0 saturated carbocycles. The maximum absolute atomic E-state index is 12.3. The van der Waals surface area contributed by atoms with Crippen LogP contribution < -0.4 is 0 Å². The molecule has 2 aliphatic rings. The molecule has 1 aromatic rings. The lowest BCUT2D eigenvalue weighted by Gasteiger charge is -2.44. The zero-order valence-electron chi connectivity index (χ0n) is 15.1. The molecule has 2 aliphatic heterocycles. The number of ether oxygens (including phenoxy) is 1. The molecule has 3 rings (SSSR count). The largest absolute Gasteiger partial charge is 0.375 e. The van der Waals surface area contributed by atoms with Gasteiger partial charge in [0.2, 0.25) is 5.91 Å². The summed E-state index contributed by atoms with van der Waals surface area (Å²) in [6.07, 6.45) is 0. The summed E-state index contributed by atoms with van der Waals surface area (Å²) < 4.78 is 29.4. The summed E-state index contributed by atoms with van der Waals surface area (Å²) in [5.41, 5.74) is 3.61. The van der Waals surface area contributed by atoms with Gasteiger partial charge in [0, 0.05) is 32.8 Å². The molecule has 0 aliphatic carbocycles. The summed E-state index contributed by atoms with van der Waals surface area (Å²) in [4.78, 5) is 16.2. The van der Waals surface area contributed by atoms with Gasteiger partial charge in [-0.05, 0) is 19.4 Å². The second-order valence-corrected chi connectivity index (χ2v) is 9.35. The van der Waals surface area contributed by atoms with Gasteiger partial charge in [0.1, 0.15) is 6.61 Å². The van der Waals surface area contributed by atoms with Crippen molar-refractivity contribution < 1.29 is 17.9 Å². The number of amides is 1. The molecule has 2 atom stereocenters. The lowest BCUT2D eigenvalue weighted by atomic mass is 10.0. The quantitative estimate of drug-likeness (QED) is 0.787. The highest BCUT2D eigenvalue weighted by Crippen LogP contribution is 2.28. The molecule has 138 valence electrons. The highest BCUT2D eigenvalue weighted by Gasteiger charge is 2.47. The number of rotatable bonds is 4. The third-order valence-electron chi connectivity index (χ3n) is 5.05. The van der Waals surface area contributed by atoms with E-state index in [-0.39, 0.29) is 36.1 Å². The summed E-state index contributed by atoms with van der Waals surface area (Å²) in [5.74, 6) is 0.0519. The van der Waals surface area contributed by atoms with E-state index >= 15 is 0 Å². The Labute approximate surface area is 149 Å². The molecular formula is C18H26N2O4S. The lowest BCUT2D eigenvalue weighted by Crippen LogP contribution is -2.60. The summed E-state index contributed by atoms with van der Waals surface area (Å²) in [7, 11) is -1.64. The molecule has 0 spiro atoms. The van der Waals surface area contributed by atoms with Crippen LogP contribution in [0.15, 0.2) is 18.2 Å². The first-order valence-corrected chi connectivity index (χ1v) is 10.4. The van der Waals surface area contributed by atoms with Crippen LogP contribution >= 0.6 is 0 Å². The first-order chi connectivity index (χ1) is 11.8. The number of sulfone groups is 1. The molecule has 25 heavy (non-hydrogen) atoms. The average Bonchev–Trinajstić information content (AvgIpc) is 2.82. The van der Waals surface area contributed by atoms with Crippen LogP contribution in [-0.4, -0.2) is 74.5 Å². The molecule has 0 radical (unpaired) electrons. The van der Waals surface area contributed by atoms with E-state index in [1.807, 2.05) is 0 Å². The first kappa shape index (κ1) is 18.4. The topological polar surface area (TPSA) is 66.9 Å². The number of piperazine rings is 1. The standard InChI is InChI=1S/C18H26N2O4S/c1-13-6-14(2)8-15(7-13)9-19-4-5-20(18(21)10-24-3)17-12-25(22,23)11-16(17)19/h6-8,16-17H,4-5,9-12H2,1-3H3/t16-,17+/m0/s1. The van der Waals surface area contributed by atoms with E-state index in [2.05, 4.69) is 36.9 Å². The number of aryl methyl sites for hydroxylation is 2. The van der Waals surface area contributed by atoms with E-state index in [1.54, 1.807) is 4.90 Å². The molecule has 2 heterocycles. The molecule has 0 unspecified atom stereocenters. The number of benzene rings is 1. The Morgan fingerprint density at radius 1 is 1.12 bits per heavy atom. The molecule has 7 heteroatoms. The highest BCUT2D eigenvalue weighted by molar-refractivity contribution is 7.91. The lowest BCUT2D eigenvalue weighted by molar-refractivity contribution is -0.141. The highest BCUT2D eigenvalue weighted by atomic mass is 32.2. The Hall–Kier alpha value is -1.44. The summed E-state index contributed by atoms with van der Waals surface area (Å²) in [6.45, 7) is 6.08. The van der Waals surface area contributed by atoms with E-state index in [1.165, 1.54) is 23.8 Å². The van der Waals surface area contributed by atoms with Gasteiger partial charge in [-0.15, -0.1) is 0 Å². The molecule has 0 bridgehead atoms. The average molecular weight is 366 g/mol. The van der Waals surface area contributed by atoms with Gasteiger partial charge in [0.05, 0.1) is 17.5 Å². The fraction of sp³-hybridized carbons (Fsp3) is 0.611. The second kappa shape index (κ2) is 7.05. The van der Waals surface area contributed by atoms with Crippen LogP contribution in [0.4, 0.5) is 0 Å². The normalized spacial score (nSPS) is 25.8. The molecular weight excluding hydrogens is 340 g/mol. The van der Waals surface area contributed by atoms with Gasteiger partial charge >= 0.3 is 0 Å². The molecule has 0 aromatic heterocycles. The van der Waals surface area contributed by atoms with Crippen molar-refractivity contribution in [1.29, 1.82) is 0 Å². The van der Waals surface area contributed by atoms with Crippen LogP contribution in [0.25, 0.3) is 0 Å². The summed E-state index contributed by atoms with van der Waals surface area (Å²) in [5, 5.41) is 0.